The van der Waals surface area contributed by atoms with Crippen LogP contribution in [0.15, 0.2) is 33.6 Å². The Morgan fingerprint density at radius 2 is 2.00 bits per heavy atom. The summed E-state index contributed by atoms with van der Waals surface area (Å²) in [6, 6.07) is 7.59. The fourth-order valence-electron chi connectivity index (χ4n) is 3.28. The maximum absolute atomic E-state index is 12.5. The highest BCUT2D eigenvalue weighted by atomic mass is 79.9. The van der Waals surface area contributed by atoms with E-state index < -0.39 is 10.0 Å². The van der Waals surface area contributed by atoms with E-state index in [9.17, 15) is 8.42 Å². The predicted molar refractivity (Wildman–Crippen MR) is 82.1 cm³/mol. The molecule has 1 N–H and O–H groups in total. The van der Waals surface area contributed by atoms with Gasteiger partial charge in [0.15, 0.2) is 0 Å². The van der Waals surface area contributed by atoms with Crippen molar-refractivity contribution in [1.29, 1.82) is 0 Å². The van der Waals surface area contributed by atoms with Crippen LogP contribution in [0.4, 0.5) is 0 Å². The van der Waals surface area contributed by atoms with Gasteiger partial charge in [-0.1, -0.05) is 12.1 Å². The zero-order valence-corrected chi connectivity index (χ0v) is 13.7. The summed E-state index contributed by atoms with van der Waals surface area (Å²) in [5, 5.41) is 0. The molecule has 2 unspecified atom stereocenters. The Morgan fingerprint density at radius 1 is 1.20 bits per heavy atom. The molecule has 0 bridgehead atoms. The number of fused-ring (bicyclic) bond motifs is 1. The van der Waals surface area contributed by atoms with Crippen molar-refractivity contribution < 1.29 is 8.42 Å². The van der Waals surface area contributed by atoms with Crippen LogP contribution in [0.3, 0.4) is 0 Å². The summed E-state index contributed by atoms with van der Waals surface area (Å²) in [6.45, 7) is 2.18. The van der Waals surface area contributed by atoms with E-state index in [1.54, 1.807) is 18.2 Å². The van der Waals surface area contributed by atoms with Gasteiger partial charge in [-0.2, -0.15) is 0 Å². The van der Waals surface area contributed by atoms with Crippen molar-refractivity contribution in [3.8, 4) is 0 Å². The molecule has 2 saturated heterocycles. The van der Waals surface area contributed by atoms with Crippen molar-refractivity contribution in [1.82, 2.24) is 9.62 Å². The zero-order chi connectivity index (χ0) is 14.2. The molecule has 20 heavy (non-hydrogen) atoms. The molecule has 0 spiro atoms. The lowest BCUT2D eigenvalue weighted by molar-refractivity contribution is 0.176. The summed E-state index contributed by atoms with van der Waals surface area (Å²) in [5.41, 5.74) is 0. The predicted octanol–water partition coefficient (Wildman–Crippen LogP) is 2.35. The van der Waals surface area contributed by atoms with E-state index in [0.717, 1.165) is 19.4 Å². The quantitative estimate of drug-likeness (QED) is 0.902. The number of hydrogen-bond acceptors (Lipinski definition) is 3. The van der Waals surface area contributed by atoms with Crippen molar-refractivity contribution in [3.63, 3.8) is 0 Å². The normalized spacial score (nSPS) is 27.4. The fourth-order valence-corrected chi connectivity index (χ4v) is 5.56. The van der Waals surface area contributed by atoms with Crippen molar-refractivity contribution >= 4 is 26.0 Å². The third-order valence-electron chi connectivity index (χ3n) is 4.27. The highest BCUT2D eigenvalue weighted by Gasteiger charge is 2.33. The smallest absolute Gasteiger partial charge is 0.241 e. The van der Waals surface area contributed by atoms with Gasteiger partial charge in [0.1, 0.15) is 0 Å². The van der Waals surface area contributed by atoms with Gasteiger partial charge >= 0.3 is 0 Å². The lowest BCUT2D eigenvalue weighted by Crippen LogP contribution is -2.47. The van der Waals surface area contributed by atoms with Gasteiger partial charge in [-0.25, -0.2) is 13.1 Å². The van der Waals surface area contributed by atoms with Crippen molar-refractivity contribution in [2.45, 2.75) is 42.7 Å². The molecule has 2 atom stereocenters. The molecular formula is C14H19BrN2O2S. The average Bonchev–Trinajstić information content (AvgIpc) is 2.86. The first-order valence-electron chi connectivity index (χ1n) is 7.07. The number of nitrogens with one attached hydrogen (secondary N) is 1. The van der Waals surface area contributed by atoms with Gasteiger partial charge in [-0.3, -0.25) is 0 Å². The SMILES string of the molecule is O=S(=O)(NC1CCN2CCCC2C1)c1ccccc1Br. The molecule has 110 valence electrons. The van der Waals surface area contributed by atoms with E-state index in [0.29, 0.717) is 15.4 Å². The Labute approximate surface area is 128 Å². The lowest BCUT2D eigenvalue weighted by atomic mass is 9.99. The Morgan fingerprint density at radius 3 is 2.80 bits per heavy atom. The van der Waals surface area contributed by atoms with Crippen LogP contribution >= 0.6 is 15.9 Å². The van der Waals surface area contributed by atoms with E-state index in [1.807, 2.05) is 6.07 Å². The summed E-state index contributed by atoms with van der Waals surface area (Å²) >= 11 is 3.31. The van der Waals surface area contributed by atoms with Crippen LogP contribution < -0.4 is 4.72 Å². The third kappa shape index (κ3) is 2.93. The van der Waals surface area contributed by atoms with E-state index >= 15 is 0 Å². The summed E-state index contributed by atoms with van der Waals surface area (Å²) in [4.78, 5) is 2.82. The molecule has 0 radical (unpaired) electrons. The first-order chi connectivity index (χ1) is 9.56. The van der Waals surface area contributed by atoms with E-state index in [-0.39, 0.29) is 6.04 Å². The molecule has 2 heterocycles. The van der Waals surface area contributed by atoms with Crippen LogP contribution in [0.2, 0.25) is 0 Å². The summed E-state index contributed by atoms with van der Waals surface area (Å²) in [7, 11) is -3.43. The molecule has 2 fully saturated rings. The number of halogens is 1. The van der Waals surface area contributed by atoms with Gasteiger partial charge in [0.25, 0.3) is 0 Å². The van der Waals surface area contributed by atoms with Gasteiger partial charge in [-0.15, -0.1) is 0 Å². The van der Waals surface area contributed by atoms with Gasteiger partial charge < -0.3 is 4.90 Å². The molecule has 4 nitrogen and oxygen atoms in total. The van der Waals surface area contributed by atoms with E-state index in [2.05, 4.69) is 25.6 Å². The minimum atomic E-state index is -3.43. The molecule has 1 aromatic carbocycles. The number of rotatable bonds is 3. The number of sulfonamides is 1. The van der Waals surface area contributed by atoms with Crippen LogP contribution in [0.1, 0.15) is 25.7 Å². The van der Waals surface area contributed by atoms with Crippen molar-refractivity contribution in [3.05, 3.63) is 28.7 Å². The topological polar surface area (TPSA) is 49.4 Å². The maximum atomic E-state index is 12.5. The Balaban J connectivity index is 1.72. The van der Waals surface area contributed by atoms with Crippen molar-refractivity contribution in [2.24, 2.45) is 0 Å². The zero-order valence-electron chi connectivity index (χ0n) is 11.3. The molecule has 0 aromatic heterocycles. The molecule has 2 aliphatic heterocycles. The number of piperidine rings is 1. The second kappa shape index (κ2) is 5.75. The van der Waals surface area contributed by atoms with Crippen LogP contribution in [-0.4, -0.2) is 38.5 Å². The first kappa shape index (κ1) is 14.5. The van der Waals surface area contributed by atoms with E-state index in [4.69, 9.17) is 0 Å². The van der Waals surface area contributed by atoms with Gasteiger partial charge in [0, 0.05) is 16.6 Å². The lowest BCUT2D eigenvalue weighted by Gasteiger charge is -2.34. The highest BCUT2D eigenvalue weighted by molar-refractivity contribution is 9.10. The summed E-state index contributed by atoms with van der Waals surface area (Å²) in [5.74, 6) is 0. The molecule has 0 amide bonds. The van der Waals surface area contributed by atoms with Crippen LogP contribution in [0.25, 0.3) is 0 Å². The van der Waals surface area contributed by atoms with Crippen molar-refractivity contribution in [2.75, 3.05) is 13.1 Å². The Kier molecular flexibility index (Phi) is 4.17. The number of benzene rings is 1. The number of hydrogen-bond donors (Lipinski definition) is 1. The molecule has 2 aliphatic rings. The van der Waals surface area contributed by atoms with Crippen LogP contribution in [0.5, 0.6) is 0 Å². The molecular weight excluding hydrogens is 340 g/mol. The molecule has 1 aromatic rings. The minimum Gasteiger partial charge on any atom is -0.300 e. The Hall–Kier alpha value is -0.430. The monoisotopic (exact) mass is 358 g/mol. The van der Waals surface area contributed by atoms with E-state index in [1.165, 1.54) is 19.4 Å². The Bertz CT molecular complexity index is 591. The summed E-state index contributed by atoms with van der Waals surface area (Å²) in [6.07, 6.45) is 4.28. The highest BCUT2D eigenvalue weighted by Crippen LogP contribution is 2.28. The van der Waals surface area contributed by atoms with Gasteiger partial charge in [0.2, 0.25) is 10.0 Å². The second-order valence-electron chi connectivity index (χ2n) is 5.61. The van der Waals surface area contributed by atoms with Crippen LogP contribution in [0, 0.1) is 0 Å². The largest absolute Gasteiger partial charge is 0.300 e. The number of nitrogens with zero attached hydrogens (tertiary/aromatic N) is 1. The standard InChI is InChI=1S/C14H19BrN2O2S/c15-13-5-1-2-6-14(13)20(18,19)16-11-7-9-17-8-3-4-12(17)10-11/h1-2,5-6,11-12,16H,3-4,7-10H2. The third-order valence-corrected chi connectivity index (χ3v) is 6.80. The minimum absolute atomic E-state index is 0.0615. The second-order valence-corrected chi connectivity index (χ2v) is 8.14. The summed E-state index contributed by atoms with van der Waals surface area (Å²) < 4.78 is 28.4. The van der Waals surface area contributed by atoms with Gasteiger partial charge in [0.05, 0.1) is 4.90 Å². The molecule has 6 heteroatoms. The van der Waals surface area contributed by atoms with Gasteiger partial charge in [-0.05, 0) is 66.8 Å². The maximum Gasteiger partial charge on any atom is 0.241 e. The van der Waals surface area contributed by atoms with Crippen LogP contribution in [-0.2, 0) is 10.0 Å². The molecule has 3 rings (SSSR count). The average molecular weight is 359 g/mol. The fraction of sp³-hybridized carbons (Fsp3) is 0.571. The first-order valence-corrected chi connectivity index (χ1v) is 9.35. The molecule has 0 saturated carbocycles. The molecule has 0 aliphatic carbocycles.